The summed E-state index contributed by atoms with van der Waals surface area (Å²) in [7, 11) is 3.89. The van der Waals surface area contributed by atoms with Crippen LogP contribution in [0.4, 0.5) is 16.6 Å². The molecular formula is C27H27N5O2S. The summed E-state index contributed by atoms with van der Waals surface area (Å²) in [5.41, 5.74) is 5.17. The summed E-state index contributed by atoms with van der Waals surface area (Å²) >= 11 is 1.55. The van der Waals surface area contributed by atoms with Gasteiger partial charge in [0.15, 0.2) is 0 Å². The highest BCUT2D eigenvalue weighted by atomic mass is 32.1. The van der Waals surface area contributed by atoms with Crippen LogP contribution in [0.3, 0.4) is 0 Å². The zero-order valence-corrected chi connectivity index (χ0v) is 20.8. The lowest BCUT2D eigenvalue weighted by molar-refractivity contribution is 0.233. The van der Waals surface area contributed by atoms with E-state index in [-0.39, 0.29) is 6.61 Å². The minimum absolute atomic E-state index is 0.0921. The van der Waals surface area contributed by atoms with Crippen LogP contribution in [0.5, 0.6) is 5.75 Å². The fourth-order valence-corrected chi connectivity index (χ4v) is 4.85. The molecule has 0 aliphatic carbocycles. The SMILES string of the molecule is Cc1cccc(-c2c(-c3ccnc(Nc4cccc(OCCCO)c4)n3)sc(N(C)C)c2C#N)c1. The largest absolute Gasteiger partial charge is 0.493 e. The fourth-order valence-electron chi connectivity index (χ4n) is 3.69. The minimum Gasteiger partial charge on any atom is -0.493 e. The molecule has 0 fully saturated rings. The Morgan fingerprint density at radius 1 is 1.14 bits per heavy atom. The molecular weight excluding hydrogens is 458 g/mol. The van der Waals surface area contributed by atoms with E-state index in [1.807, 2.05) is 74.4 Å². The number of benzene rings is 2. The molecule has 0 saturated heterocycles. The quantitative estimate of drug-likeness (QED) is 0.297. The van der Waals surface area contributed by atoms with Gasteiger partial charge in [0.25, 0.3) is 0 Å². The van der Waals surface area contributed by atoms with Gasteiger partial charge in [-0.1, -0.05) is 35.9 Å². The van der Waals surface area contributed by atoms with Gasteiger partial charge in [-0.15, -0.1) is 11.3 Å². The van der Waals surface area contributed by atoms with E-state index in [0.717, 1.165) is 37.9 Å². The fraction of sp³-hybridized carbons (Fsp3) is 0.222. The van der Waals surface area contributed by atoms with Crippen LogP contribution in [0.2, 0.25) is 0 Å². The molecule has 2 aromatic heterocycles. The maximum atomic E-state index is 10.1. The summed E-state index contributed by atoms with van der Waals surface area (Å²) < 4.78 is 5.67. The highest BCUT2D eigenvalue weighted by Gasteiger charge is 2.23. The zero-order chi connectivity index (χ0) is 24.8. The maximum Gasteiger partial charge on any atom is 0.227 e. The topological polar surface area (TPSA) is 94.3 Å². The molecule has 0 unspecified atom stereocenters. The number of hydrogen-bond acceptors (Lipinski definition) is 8. The number of aliphatic hydroxyl groups is 1. The number of aliphatic hydroxyl groups excluding tert-OH is 1. The van der Waals surface area contributed by atoms with Gasteiger partial charge < -0.3 is 20.1 Å². The molecule has 0 radical (unpaired) electrons. The molecule has 0 aliphatic heterocycles. The minimum atomic E-state index is 0.0921. The summed E-state index contributed by atoms with van der Waals surface area (Å²) in [6, 6.07) is 20.0. The normalized spacial score (nSPS) is 10.6. The molecule has 2 N–H and O–H groups in total. The van der Waals surface area contributed by atoms with Crippen molar-refractivity contribution in [3.05, 3.63) is 71.9 Å². The summed E-state index contributed by atoms with van der Waals surface area (Å²) in [4.78, 5) is 12.1. The van der Waals surface area contributed by atoms with Crippen LogP contribution < -0.4 is 15.0 Å². The first-order valence-electron chi connectivity index (χ1n) is 11.3. The second-order valence-electron chi connectivity index (χ2n) is 8.21. The second-order valence-corrected chi connectivity index (χ2v) is 9.21. The monoisotopic (exact) mass is 485 g/mol. The van der Waals surface area contributed by atoms with Gasteiger partial charge in [0.05, 0.1) is 22.7 Å². The summed E-state index contributed by atoms with van der Waals surface area (Å²) in [6.07, 6.45) is 2.29. The molecule has 4 aromatic rings. The first kappa shape index (κ1) is 24.2. The van der Waals surface area contributed by atoms with Crippen molar-refractivity contribution in [1.82, 2.24) is 9.97 Å². The first-order chi connectivity index (χ1) is 17.0. The molecule has 0 atom stereocenters. The lowest BCUT2D eigenvalue weighted by Gasteiger charge is -2.10. The third-order valence-electron chi connectivity index (χ3n) is 5.26. The molecule has 0 spiro atoms. The van der Waals surface area contributed by atoms with E-state index < -0.39 is 0 Å². The number of hydrogen-bond donors (Lipinski definition) is 2. The van der Waals surface area contributed by atoms with E-state index >= 15 is 0 Å². The van der Waals surface area contributed by atoms with Crippen molar-refractivity contribution >= 4 is 28.0 Å². The lowest BCUT2D eigenvalue weighted by Crippen LogP contribution is -2.07. The summed E-state index contributed by atoms with van der Waals surface area (Å²) in [6.45, 7) is 2.58. The van der Waals surface area contributed by atoms with Crippen LogP contribution in [0.15, 0.2) is 60.8 Å². The highest BCUT2D eigenvalue weighted by molar-refractivity contribution is 7.20. The molecule has 4 rings (SSSR count). The number of nitrogens with zero attached hydrogens (tertiary/aromatic N) is 4. The smallest absolute Gasteiger partial charge is 0.227 e. The Balaban J connectivity index is 1.72. The molecule has 0 aliphatic rings. The van der Waals surface area contributed by atoms with Crippen molar-refractivity contribution in [3.8, 4) is 33.5 Å². The first-order valence-corrected chi connectivity index (χ1v) is 12.1. The molecule has 7 nitrogen and oxygen atoms in total. The average Bonchev–Trinajstić information content (AvgIpc) is 3.25. The van der Waals surface area contributed by atoms with Gasteiger partial charge in [-0.05, 0) is 30.7 Å². The van der Waals surface area contributed by atoms with Gasteiger partial charge in [0.2, 0.25) is 5.95 Å². The second kappa shape index (κ2) is 11.0. The summed E-state index contributed by atoms with van der Waals surface area (Å²) in [5, 5.41) is 23.1. The van der Waals surface area contributed by atoms with Gasteiger partial charge in [-0.25, -0.2) is 9.97 Å². The van der Waals surface area contributed by atoms with Gasteiger partial charge >= 0.3 is 0 Å². The van der Waals surface area contributed by atoms with E-state index in [1.54, 1.807) is 17.5 Å². The van der Waals surface area contributed by atoms with Gasteiger partial charge in [0, 0.05) is 50.6 Å². The Kier molecular flexibility index (Phi) is 7.60. The third kappa shape index (κ3) is 5.60. The molecule has 8 heteroatoms. The Labute approximate surface area is 209 Å². The van der Waals surface area contributed by atoms with Crippen LogP contribution >= 0.6 is 11.3 Å². The molecule has 0 saturated carbocycles. The Morgan fingerprint density at radius 3 is 2.71 bits per heavy atom. The van der Waals surface area contributed by atoms with Crippen LogP contribution in [0.25, 0.3) is 21.7 Å². The summed E-state index contributed by atoms with van der Waals surface area (Å²) in [5.74, 6) is 1.15. The molecule has 178 valence electrons. The molecule has 0 bridgehead atoms. The number of rotatable bonds is 9. The molecule has 0 amide bonds. The number of nitriles is 1. The zero-order valence-electron chi connectivity index (χ0n) is 19.9. The highest BCUT2D eigenvalue weighted by Crippen LogP contribution is 2.46. The third-order valence-corrected chi connectivity index (χ3v) is 6.64. The van der Waals surface area contributed by atoms with Gasteiger partial charge in [-0.2, -0.15) is 5.26 Å². The van der Waals surface area contributed by atoms with Crippen LogP contribution in [-0.2, 0) is 0 Å². The van der Waals surface area contributed by atoms with Crippen molar-refractivity contribution in [2.45, 2.75) is 13.3 Å². The standard InChI is InChI=1S/C27H27N5O2S/c1-18-7-4-8-19(15-18)24-22(17-28)26(32(2)3)35-25(24)23-11-12-29-27(31-23)30-20-9-5-10-21(16-20)34-14-6-13-33/h4-5,7-12,15-16,33H,6,13-14H2,1-3H3,(H,29,30,31). The average molecular weight is 486 g/mol. The number of aromatic nitrogens is 2. The lowest BCUT2D eigenvalue weighted by atomic mass is 9.99. The van der Waals surface area contributed by atoms with Crippen LogP contribution in [0.1, 0.15) is 17.5 Å². The van der Waals surface area contributed by atoms with Crippen molar-refractivity contribution in [1.29, 1.82) is 5.26 Å². The van der Waals surface area contributed by atoms with Gasteiger partial charge in [-0.3, -0.25) is 0 Å². The van der Waals surface area contributed by atoms with Crippen LogP contribution in [0, 0.1) is 18.3 Å². The number of thiophene rings is 1. The van der Waals surface area contributed by atoms with E-state index in [1.165, 1.54) is 0 Å². The van der Waals surface area contributed by atoms with Gasteiger partial charge in [0.1, 0.15) is 16.8 Å². The molecule has 35 heavy (non-hydrogen) atoms. The van der Waals surface area contributed by atoms with Crippen LogP contribution in [-0.4, -0.2) is 42.4 Å². The maximum absolute atomic E-state index is 10.1. The Morgan fingerprint density at radius 2 is 1.97 bits per heavy atom. The van der Waals surface area contributed by atoms with E-state index in [9.17, 15) is 5.26 Å². The van der Waals surface area contributed by atoms with Crippen molar-refractivity contribution in [2.24, 2.45) is 0 Å². The molecule has 2 aromatic carbocycles. The molecule has 2 heterocycles. The number of anilines is 3. The Bertz CT molecular complexity index is 1360. The van der Waals surface area contributed by atoms with Crippen molar-refractivity contribution in [3.63, 3.8) is 0 Å². The van der Waals surface area contributed by atoms with Crippen molar-refractivity contribution < 1.29 is 9.84 Å². The van der Waals surface area contributed by atoms with E-state index in [2.05, 4.69) is 22.4 Å². The van der Waals surface area contributed by atoms with E-state index in [0.29, 0.717) is 30.3 Å². The predicted octanol–water partition coefficient (Wildman–Crippen LogP) is 5.62. The van der Waals surface area contributed by atoms with E-state index in [4.69, 9.17) is 14.8 Å². The predicted molar refractivity (Wildman–Crippen MR) is 141 cm³/mol. The number of nitrogens with one attached hydrogen (secondary N) is 1. The van der Waals surface area contributed by atoms with Crippen molar-refractivity contribution in [2.75, 3.05) is 37.5 Å². The number of ether oxygens (including phenoxy) is 1. The number of aryl methyl sites for hydroxylation is 1. The Hall–Kier alpha value is -3.93.